The fraction of sp³-hybridized carbons (Fsp3) is 0.714. The standard InChI is InChI=1S/C21H34N2O2/c1-24-20-11-9-17(14-21(20)25-2)8-10-19-7-3-4-13-23(19)16-18-6-5-12-22-15-18/h9,11,14,18-19,22H,3-8,10,12-13,15-16H2,1-2H3. The van der Waals surface area contributed by atoms with E-state index in [9.17, 15) is 0 Å². The van der Waals surface area contributed by atoms with Gasteiger partial charge < -0.3 is 19.7 Å². The predicted octanol–water partition coefficient (Wildman–Crippen LogP) is 3.49. The highest BCUT2D eigenvalue weighted by atomic mass is 16.5. The molecular formula is C21H34N2O2. The lowest BCUT2D eigenvalue weighted by molar-refractivity contribution is 0.111. The van der Waals surface area contributed by atoms with Gasteiger partial charge in [0, 0.05) is 12.6 Å². The second kappa shape index (κ2) is 9.44. The molecule has 1 aromatic carbocycles. The van der Waals surface area contributed by atoms with Gasteiger partial charge in [0.05, 0.1) is 14.2 Å². The molecule has 2 aliphatic heterocycles. The van der Waals surface area contributed by atoms with Crippen LogP contribution >= 0.6 is 0 Å². The van der Waals surface area contributed by atoms with Crippen LogP contribution in [0.25, 0.3) is 0 Å². The molecule has 1 aromatic rings. The lowest BCUT2D eigenvalue weighted by atomic mass is 9.92. The highest BCUT2D eigenvalue weighted by Crippen LogP contribution is 2.29. The highest BCUT2D eigenvalue weighted by molar-refractivity contribution is 5.42. The maximum absolute atomic E-state index is 5.45. The topological polar surface area (TPSA) is 33.7 Å². The minimum absolute atomic E-state index is 0.740. The van der Waals surface area contributed by atoms with Gasteiger partial charge in [-0.25, -0.2) is 0 Å². The normalized spacial score (nSPS) is 24.9. The van der Waals surface area contributed by atoms with Crippen LogP contribution in [0.5, 0.6) is 11.5 Å². The zero-order valence-electron chi connectivity index (χ0n) is 15.9. The van der Waals surface area contributed by atoms with Crippen LogP contribution in [0.1, 0.15) is 44.1 Å². The van der Waals surface area contributed by atoms with E-state index in [0.717, 1.165) is 29.9 Å². The Labute approximate surface area is 152 Å². The SMILES string of the molecule is COc1ccc(CCC2CCCCN2CC2CCCNC2)cc1OC. The molecule has 1 N–H and O–H groups in total. The molecule has 2 heterocycles. The Morgan fingerprint density at radius 3 is 2.72 bits per heavy atom. The van der Waals surface area contributed by atoms with Crippen LogP contribution in [0.4, 0.5) is 0 Å². The van der Waals surface area contributed by atoms with Crippen molar-refractivity contribution in [2.24, 2.45) is 5.92 Å². The average Bonchev–Trinajstić information content (AvgIpc) is 2.68. The van der Waals surface area contributed by atoms with Crippen molar-refractivity contribution in [3.05, 3.63) is 23.8 Å². The number of ether oxygens (including phenoxy) is 2. The number of likely N-dealkylation sites (tertiary alicyclic amines) is 1. The minimum atomic E-state index is 0.740. The number of aryl methyl sites for hydroxylation is 1. The number of nitrogens with zero attached hydrogens (tertiary/aromatic N) is 1. The van der Waals surface area contributed by atoms with E-state index in [1.54, 1.807) is 14.2 Å². The molecular weight excluding hydrogens is 312 g/mol. The third kappa shape index (κ3) is 5.11. The first-order valence-corrected chi connectivity index (χ1v) is 9.96. The molecule has 3 rings (SSSR count). The molecule has 4 heteroatoms. The molecule has 2 aliphatic rings. The number of benzene rings is 1. The van der Waals surface area contributed by atoms with Gasteiger partial charge in [-0.15, -0.1) is 0 Å². The fourth-order valence-electron chi connectivity index (χ4n) is 4.41. The van der Waals surface area contributed by atoms with Crippen molar-refractivity contribution in [2.45, 2.75) is 51.0 Å². The molecule has 2 fully saturated rings. The lowest BCUT2D eigenvalue weighted by Crippen LogP contribution is -2.45. The second-order valence-electron chi connectivity index (χ2n) is 7.58. The monoisotopic (exact) mass is 346 g/mol. The van der Waals surface area contributed by atoms with Gasteiger partial charge in [0.15, 0.2) is 11.5 Å². The summed E-state index contributed by atoms with van der Waals surface area (Å²) in [4.78, 5) is 2.78. The summed E-state index contributed by atoms with van der Waals surface area (Å²) >= 11 is 0. The number of hydrogen-bond donors (Lipinski definition) is 1. The number of methoxy groups -OCH3 is 2. The summed E-state index contributed by atoms with van der Waals surface area (Å²) in [6.45, 7) is 4.98. The summed E-state index contributed by atoms with van der Waals surface area (Å²) in [5.41, 5.74) is 1.35. The minimum Gasteiger partial charge on any atom is -0.493 e. The summed E-state index contributed by atoms with van der Waals surface area (Å²) < 4.78 is 10.8. The van der Waals surface area contributed by atoms with Gasteiger partial charge in [0.2, 0.25) is 0 Å². The van der Waals surface area contributed by atoms with Crippen molar-refractivity contribution in [3.8, 4) is 11.5 Å². The smallest absolute Gasteiger partial charge is 0.160 e. The van der Waals surface area contributed by atoms with E-state index in [2.05, 4.69) is 22.3 Å². The third-order valence-corrected chi connectivity index (χ3v) is 5.85. The molecule has 0 amide bonds. The Bertz CT molecular complexity index is 529. The maximum Gasteiger partial charge on any atom is 0.160 e. The number of piperidine rings is 2. The van der Waals surface area contributed by atoms with Gasteiger partial charge in [-0.2, -0.15) is 0 Å². The van der Waals surface area contributed by atoms with E-state index in [4.69, 9.17) is 9.47 Å². The van der Waals surface area contributed by atoms with E-state index < -0.39 is 0 Å². The number of nitrogens with one attached hydrogen (secondary N) is 1. The molecule has 0 bridgehead atoms. The molecule has 0 saturated carbocycles. The molecule has 2 atom stereocenters. The molecule has 25 heavy (non-hydrogen) atoms. The maximum atomic E-state index is 5.45. The molecule has 0 aromatic heterocycles. The molecule has 140 valence electrons. The lowest BCUT2D eigenvalue weighted by Gasteiger charge is -2.39. The van der Waals surface area contributed by atoms with Crippen molar-refractivity contribution < 1.29 is 9.47 Å². The van der Waals surface area contributed by atoms with Crippen molar-refractivity contribution in [3.63, 3.8) is 0 Å². The van der Waals surface area contributed by atoms with Crippen molar-refractivity contribution >= 4 is 0 Å². The van der Waals surface area contributed by atoms with Crippen LogP contribution in [0, 0.1) is 5.92 Å². The molecule has 0 spiro atoms. The van der Waals surface area contributed by atoms with E-state index in [1.807, 2.05) is 6.07 Å². The van der Waals surface area contributed by atoms with Crippen LogP contribution in [0.2, 0.25) is 0 Å². The predicted molar refractivity (Wildman–Crippen MR) is 103 cm³/mol. The quantitative estimate of drug-likeness (QED) is 0.819. The summed E-state index contributed by atoms with van der Waals surface area (Å²) in [6, 6.07) is 7.08. The Morgan fingerprint density at radius 2 is 1.96 bits per heavy atom. The van der Waals surface area contributed by atoms with E-state index in [0.29, 0.717) is 0 Å². The Morgan fingerprint density at radius 1 is 1.08 bits per heavy atom. The fourth-order valence-corrected chi connectivity index (χ4v) is 4.41. The van der Waals surface area contributed by atoms with Gasteiger partial charge in [-0.05, 0) is 81.8 Å². The Hall–Kier alpha value is -1.26. The first-order valence-electron chi connectivity index (χ1n) is 9.96. The van der Waals surface area contributed by atoms with Crippen LogP contribution in [-0.4, -0.2) is 51.3 Å². The van der Waals surface area contributed by atoms with Gasteiger partial charge in [0.25, 0.3) is 0 Å². The van der Waals surface area contributed by atoms with Gasteiger partial charge >= 0.3 is 0 Å². The summed E-state index contributed by atoms with van der Waals surface area (Å²) in [5.74, 6) is 2.50. The van der Waals surface area contributed by atoms with Gasteiger partial charge in [-0.1, -0.05) is 12.5 Å². The zero-order valence-corrected chi connectivity index (χ0v) is 15.9. The summed E-state index contributed by atoms with van der Waals surface area (Å²) in [6.07, 6.45) is 9.21. The summed E-state index contributed by atoms with van der Waals surface area (Å²) in [5, 5.41) is 3.57. The van der Waals surface area contributed by atoms with E-state index >= 15 is 0 Å². The highest BCUT2D eigenvalue weighted by Gasteiger charge is 2.25. The van der Waals surface area contributed by atoms with E-state index in [-0.39, 0.29) is 0 Å². The average molecular weight is 347 g/mol. The van der Waals surface area contributed by atoms with E-state index in [1.165, 1.54) is 70.3 Å². The molecule has 0 radical (unpaired) electrons. The molecule has 2 unspecified atom stereocenters. The largest absolute Gasteiger partial charge is 0.493 e. The Kier molecular flexibility index (Phi) is 7.00. The van der Waals surface area contributed by atoms with Crippen LogP contribution < -0.4 is 14.8 Å². The first-order chi connectivity index (χ1) is 12.3. The van der Waals surface area contributed by atoms with Gasteiger partial charge in [-0.3, -0.25) is 0 Å². The Balaban J connectivity index is 1.56. The van der Waals surface area contributed by atoms with Crippen LogP contribution in [0.15, 0.2) is 18.2 Å². The van der Waals surface area contributed by atoms with Crippen molar-refractivity contribution in [1.29, 1.82) is 0 Å². The summed E-state index contributed by atoms with van der Waals surface area (Å²) in [7, 11) is 3.40. The van der Waals surface area contributed by atoms with Crippen molar-refractivity contribution in [2.75, 3.05) is 40.4 Å². The van der Waals surface area contributed by atoms with Crippen molar-refractivity contribution in [1.82, 2.24) is 10.2 Å². The molecule has 4 nitrogen and oxygen atoms in total. The third-order valence-electron chi connectivity index (χ3n) is 5.85. The molecule has 0 aliphatic carbocycles. The number of hydrogen-bond acceptors (Lipinski definition) is 4. The first kappa shape index (κ1) is 18.5. The van der Waals surface area contributed by atoms with Crippen LogP contribution in [0.3, 0.4) is 0 Å². The zero-order chi connectivity index (χ0) is 17.5. The molecule has 2 saturated heterocycles. The number of rotatable bonds is 7. The second-order valence-corrected chi connectivity index (χ2v) is 7.58. The van der Waals surface area contributed by atoms with Crippen LogP contribution in [-0.2, 0) is 6.42 Å². The van der Waals surface area contributed by atoms with Gasteiger partial charge in [0.1, 0.15) is 0 Å².